The number of hydrogen-bond acceptors (Lipinski definition) is 4. The molecule has 5 nitrogen and oxygen atoms in total. The molecule has 1 N–H and O–H groups in total. The van der Waals surface area contributed by atoms with Crippen molar-refractivity contribution in [3.63, 3.8) is 0 Å². The Bertz CT molecular complexity index is 452. The van der Waals surface area contributed by atoms with Crippen LogP contribution in [0.4, 0.5) is 0 Å². The van der Waals surface area contributed by atoms with Crippen LogP contribution in [0, 0.1) is 12.8 Å². The zero-order chi connectivity index (χ0) is 13.5. The highest BCUT2D eigenvalue weighted by Crippen LogP contribution is 2.40. The molecule has 0 aromatic carbocycles. The van der Waals surface area contributed by atoms with Crippen molar-refractivity contribution in [1.29, 1.82) is 0 Å². The first-order valence-corrected chi connectivity index (χ1v) is 7.00. The molecule has 3 rings (SSSR count). The zero-order valence-electron chi connectivity index (χ0n) is 11.6. The van der Waals surface area contributed by atoms with Crippen LogP contribution in [0.25, 0.3) is 0 Å². The third-order valence-electron chi connectivity index (χ3n) is 4.39. The first kappa shape index (κ1) is 13.1. The third kappa shape index (κ3) is 2.42. The number of nitrogens with zero attached hydrogens (tertiary/aromatic N) is 2. The molecule has 3 heterocycles. The molecule has 2 saturated heterocycles. The minimum atomic E-state index is -0.465. The van der Waals surface area contributed by atoms with Crippen LogP contribution in [0.5, 0.6) is 0 Å². The van der Waals surface area contributed by atoms with Gasteiger partial charge in [-0.1, -0.05) is 0 Å². The molecule has 0 saturated carbocycles. The van der Waals surface area contributed by atoms with E-state index in [1.54, 1.807) is 4.68 Å². The zero-order valence-corrected chi connectivity index (χ0v) is 11.6. The normalized spacial score (nSPS) is 32.9. The smallest absolute Gasteiger partial charge is 0.0986 e. The molecule has 1 aromatic heterocycles. The fourth-order valence-electron chi connectivity index (χ4n) is 3.35. The molecule has 1 aromatic rings. The molecule has 106 valence electrons. The highest BCUT2D eigenvalue weighted by Gasteiger charge is 2.43. The first-order valence-electron chi connectivity index (χ1n) is 7.00. The predicted molar refractivity (Wildman–Crippen MR) is 69.7 cm³/mol. The van der Waals surface area contributed by atoms with Crippen LogP contribution in [0.2, 0.25) is 0 Å². The SMILES string of the molecule is Cc1cc(C(O)C2CCOC3(CCOC3)C2)n(C)n1. The van der Waals surface area contributed by atoms with Crippen LogP contribution in [0.15, 0.2) is 6.07 Å². The quantitative estimate of drug-likeness (QED) is 0.878. The maximum absolute atomic E-state index is 10.6. The number of aliphatic hydroxyl groups excluding tert-OH is 1. The van der Waals surface area contributed by atoms with Gasteiger partial charge in [0.1, 0.15) is 0 Å². The third-order valence-corrected chi connectivity index (χ3v) is 4.39. The van der Waals surface area contributed by atoms with E-state index in [4.69, 9.17) is 9.47 Å². The van der Waals surface area contributed by atoms with E-state index in [1.807, 2.05) is 20.0 Å². The molecular formula is C14H22N2O3. The topological polar surface area (TPSA) is 56.5 Å². The number of aliphatic hydroxyl groups is 1. The lowest BCUT2D eigenvalue weighted by atomic mass is 9.81. The van der Waals surface area contributed by atoms with Gasteiger partial charge in [-0.2, -0.15) is 5.10 Å². The largest absolute Gasteiger partial charge is 0.387 e. The summed E-state index contributed by atoms with van der Waals surface area (Å²) in [5.41, 5.74) is 1.69. The average molecular weight is 266 g/mol. The first-order chi connectivity index (χ1) is 9.10. The van der Waals surface area contributed by atoms with E-state index < -0.39 is 6.10 Å². The van der Waals surface area contributed by atoms with E-state index in [1.165, 1.54) is 0 Å². The Balaban J connectivity index is 1.76. The van der Waals surface area contributed by atoms with Gasteiger partial charge in [0.15, 0.2) is 0 Å². The van der Waals surface area contributed by atoms with Gasteiger partial charge < -0.3 is 14.6 Å². The predicted octanol–water partition coefficient (Wildman–Crippen LogP) is 1.35. The summed E-state index contributed by atoms with van der Waals surface area (Å²) in [5, 5.41) is 14.9. The van der Waals surface area contributed by atoms with E-state index in [9.17, 15) is 5.11 Å². The van der Waals surface area contributed by atoms with Crippen LogP contribution < -0.4 is 0 Å². The standard InChI is InChI=1S/C14H22N2O3/c1-10-7-12(16(2)15-10)13(17)11-3-5-19-14(8-11)4-6-18-9-14/h7,11,13,17H,3-6,8-9H2,1-2H3. The van der Waals surface area contributed by atoms with E-state index in [2.05, 4.69) is 5.10 Å². The van der Waals surface area contributed by atoms with Crippen molar-refractivity contribution < 1.29 is 14.6 Å². The second-order valence-corrected chi connectivity index (χ2v) is 5.87. The van der Waals surface area contributed by atoms with Crippen molar-refractivity contribution in [3.8, 4) is 0 Å². The molecule has 0 bridgehead atoms. The molecule has 19 heavy (non-hydrogen) atoms. The number of aromatic nitrogens is 2. The molecule has 3 unspecified atom stereocenters. The van der Waals surface area contributed by atoms with Gasteiger partial charge >= 0.3 is 0 Å². The molecular weight excluding hydrogens is 244 g/mol. The van der Waals surface area contributed by atoms with E-state index >= 15 is 0 Å². The van der Waals surface area contributed by atoms with Crippen molar-refractivity contribution in [3.05, 3.63) is 17.5 Å². The maximum Gasteiger partial charge on any atom is 0.0986 e. The van der Waals surface area contributed by atoms with Crippen molar-refractivity contribution in [1.82, 2.24) is 9.78 Å². The summed E-state index contributed by atoms with van der Waals surface area (Å²) in [5.74, 6) is 0.227. The Morgan fingerprint density at radius 3 is 3.00 bits per heavy atom. The van der Waals surface area contributed by atoms with Crippen LogP contribution in [0.3, 0.4) is 0 Å². The Morgan fingerprint density at radius 2 is 2.37 bits per heavy atom. The molecule has 2 aliphatic heterocycles. The van der Waals surface area contributed by atoms with Crippen LogP contribution >= 0.6 is 0 Å². The monoisotopic (exact) mass is 266 g/mol. The lowest BCUT2D eigenvalue weighted by Crippen LogP contribution is -2.42. The average Bonchev–Trinajstić information content (AvgIpc) is 2.96. The minimum Gasteiger partial charge on any atom is -0.387 e. The van der Waals surface area contributed by atoms with Gasteiger partial charge in [-0.05, 0) is 31.7 Å². The Hall–Kier alpha value is -0.910. The summed E-state index contributed by atoms with van der Waals surface area (Å²) in [7, 11) is 1.89. The van der Waals surface area contributed by atoms with E-state index in [0.717, 1.165) is 37.3 Å². The molecule has 2 fully saturated rings. The fraction of sp³-hybridized carbons (Fsp3) is 0.786. The van der Waals surface area contributed by atoms with Crippen molar-refractivity contribution in [2.75, 3.05) is 19.8 Å². The maximum atomic E-state index is 10.6. The second-order valence-electron chi connectivity index (χ2n) is 5.87. The van der Waals surface area contributed by atoms with Gasteiger partial charge in [-0.15, -0.1) is 0 Å². The van der Waals surface area contributed by atoms with E-state index in [-0.39, 0.29) is 11.5 Å². The summed E-state index contributed by atoms with van der Waals surface area (Å²) in [6.07, 6.45) is 2.25. The lowest BCUT2D eigenvalue weighted by molar-refractivity contribution is -0.118. The van der Waals surface area contributed by atoms with Crippen molar-refractivity contribution in [2.24, 2.45) is 13.0 Å². The molecule has 0 aliphatic carbocycles. The lowest BCUT2D eigenvalue weighted by Gasteiger charge is -2.38. The highest BCUT2D eigenvalue weighted by molar-refractivity contribution is 5.13. The van der Waals surface area contributed by atoms with Gasteiger partial charge in [-0.3, -0.25) is 4.68 Å². The summed E-state index contributed by atoms with van der Waals surface area (Å²) < 4.78 is 13.2. The van der Waals surface area contributed by atoms with Gasteiger partial charge in [0.2, 0.25) is 0 Å². The highest BCUT2D eigenvalue weighted by atomic mass is 16.6. The minimum absolute atomic E-state index is 0.155. The van der Waals surface area contributed by atoms with E-state index in [0.29, 0.717) is 13.2 Å². The summed E-state index contributed by atoms with van der Waals surface area (Å²) in [6, 6.07) is 1.97. The number of aryl methyl sites for hydroxylation is 2. The molecule has 3 atom stereocenters. The Labute approximate surface area is 113 Å². The van der Waals surface area contributed by atoms with Crippen molar-refractivity contribution >= 4 is 0 Å². The van der Waals surface area contributed by atoms with Crippen molar-refractivity contribution in [2.45, 2.75) is 37.9 Å². The van der Waals surface area contributed by atoms with Crippen LogP contribution in [0.1, 0.15) is 36.8 Å². The summed E-state index contributed by atoms with van der Waals surface area (Å²) in [6.45, 7) is 4.10. The molecule has 0 radical (unpaired) electrons. The summed E-state index contributed by atoms with van der Waals surface area (Å²) >= 11 is 0. The Kier molecular flexibility index (Phi) is 3.37. The van der Waals surface area contributed by atoms with Crippen LogP contribution in [-0.2, 0) is 16.5 Å². The second kappa shape index (κ2) is 4.89. The molecule has 5 heteroatoms. The molecule has 0 amide bonds. The van der Waals surface area contributed by atoms with Gasteiger partial charge in [0.25, 0.3) is 0 Å². The number of ether oxygens (including phenoxy) is 2. The number of rotatable bonds is 2. The van der Waals surface area contributed by atoms with Gasteiger partial charge in [0.05, 0.1) is 29.7 Å². The fourth-order valence-corrected chi connectivity index (χ4v) is 3.35. The van der Waals surface area contributed by atoms with Gasteiger partial charge in [0, 0.05) is 26.7 Å². The van der Waals surface area contributed by atoms with Crippen LogP contribution in [-0.4, -0.2) is 40.3 Å². The molecule has 2 aliphatic rings. The van der Waals surface area contributed by atoms with Gasteiger partial charge in [-0.25, -0.2) is 0 Å². The summed E-state index contributed by atoms with van der Waals surface area (Å²) in [4.78, 5) is 0. The molecule has 1 spiro atoms. The Morgan fingerprint density at radius 1 is 1.53 bits per heavy atom. The number of hydrogen-bond donors (Lipinski definition) is 1.